The van der Waals surface area contributed by atoms with E-state index in [0.29, 0.717) is 39.6 Å². The highest BCUT2D eigenvalue weighted by Gasteiger charge is 1.95. The first-order valence-electron chi connectivity index (χ1n) is 3.81. The first-order chi connectivity index (χ1) is 5.50. The molecule has 1 fully saturated rings. The van der Waals surface area contributed by atoms with Crippen LogP contribution in [0.1, 0.15) is 0 Å². The Morgan fingerprint density at radius 3 is 1.64 bits per heavy atom. The Kier molecular flexibility index (Phi) is 5.61. The topological polar surface area (TPSA) is 36.9 Å². The third-order valence-electron chi connectivity index (χ3n) is 1.28. The maximum Gasteiger partial charge on any atom is 0.304 e. The standard InChI is InChI=1S/C6H14O4Si/c1-2-8-4-6-10-11-9-5-3-7-1/h1-6,11H2. The molecule has 0 aliphatic carbocycles. The van der Waals surface area contributed by atoms with Gasteiger partial charge in [0.25, 0.3) is 0 Å². The van der Waals surface area contributed by atoms with Crippen LogP contribution >= 0.6 is 0 Å². The van der Waals surface area contributed by atoms with E-state index in [1.54, 1.807) is 0 Å². The van der Waals surface area contributed by atoms with Crippen LogP contribution in [0.15, 0.2) is 0 Å². The van der Waals surface area contributed by atoms with E-state index >= 15 is 0 Å². The summed E-state index contributed by atoms with van der Waals surface area (Å²) in [6.07, 6.45) is 0. The minimum atomic E-state index is -0.762. The van der Waals surface area contributed by atoms with Crippen LogP contribution in [0.4, 0.5) is 0 Å². The average Bonchev–Trinajstić information content (AvgIpc) is 2.08. The number of ether oxygens (including phenoxy) is 2. The van der Waals surface area contributed by atoms with Gasteiger partial charge in [0.2, 0.25) is 0 Å². The van der Waals surface area contributed by atoms with Gasteiger partial charge < -0.3 is 18.3 Å². The van der Waals surface area contributed by atoms with Crippen molar-refractivity contribution in [2.75, 3.05) is 39.6 Å². The highest BCUT2D eigenvalue weighted by atomic mass is 28.3. The number of rotatable bonds is 0. The lowest BCUT2D eigenvalue weighted by atomic mass is 10.7. The van der Waals surface area contributed by atoms with Crippen LogP contribution in [0.3, 0.4) is 0 Å². The lowest BCUT2D eigenvalue weighted by molar-refractivity contribution is 0.0375. The van der Waals surface area contributed by atoms with E-state index in [1.807, 2.05) is 0 Å². The Balaban J connectivity index is 2.02. The summed E-state index contributed by atoms with van der Waals surface area (Å²) in [5, 5.41) is 0. The normalized spacial score (nSPS) is 24.0. The van der Waals surface area contributed by atoms with Gasteiger partial charge in [-0.15, -0.1) is 0 Å². The van der Waals surface area contributed by atoms with Gasteiger partial charge in [-0.25, -0.2) is 0 Å². The van der Waals surface area contributed by atoms with Gasteiger partial charge in [-0.2, -0.15) is 0 Å². The lowest BCUT2D eigenvalue weighted by Crippen LogP contribution is -2.10. The summed E-state index contributed by atoms with van der Waals surface area (Å²) in [7, 11) is -0.762. The van der Waals surface area contributed by atoms with Gasteiger partial charge in [0.05, 0.1) is 39.6 Å². The third-order valence-corrected chi connectivity index (χ3v) is 2.19. The molecule has 0 radical (unpaired) electrons. The molecular formula is C6H14O4Si. The molecule has 0 unspecified atom stereocenters. The van der Waals surface area contributed by atoms with E-state index in [0.717, 1.165) is 0 Å². The Bertz CT molecular complexity index is 52.6. The molecular weight excluding hydrogens is 164 g/mol. The highest BCUT2D eigenvalue weighted by Crippen LogP contribution is 1.84. The second kappa shape index (κ2) is 6.75. The third kappa shape index (κ3) is 5.34. The summed E-state index contributed by atoms with van der Waals surface area (Å²) >= 11 is 0. The Hall–Kier alpha value is 0.0569. The van der Waals surface area contributed by atoms with Crippen LogP contribution in [0.2, 0.25) is 0 Å². The first kappa shape index (κ1) is 9.15. The molecule has 0 bridgehead atoms. The molecule has 5 heteroatoms. The minimum absolute atomic E-state index is 0.653. The van der Waals surface area contributed by atoms with Crippen LogP contribution < -0.4 is 0 Å². The van der Waals surface area contributed by atoms with Crippen molar-refractivity contribution < 1.29 is 18.3 Å². The second-order valence-corrected chi connectivity index (χ2v) is 3.21. The number of hydrogen-bond acceptors (Lipinski definition) is 4. The molecule has 1 rings (SSSR count). The molecule has 0 aromatic carbocycles. The second-order valence-electron chi connectivity index (χ2n) is 2.16. The molecule has 0 saturated carbocycles. The van der Waals surface area contributed by atoms with E-state index in [-0.39, 0.29) is 0 Å². The van der Waals surface area contributed by atoms with Crippen molar-refractivity contribution in [3.8, 4) is 0 Å². The number of hydrogen-bond donors (Lipinski definition) is 0. The highest BCUT2D eigenvalue weighted by molar-refractivity contribution is 6.17. The Morgan fingerprint density at radius 2 is 1.09 bits per heavy atom. The Labute approximate surface area is 68.8 Å². The molecule has 0 N–H and O–H groups in total. The van der Waals surface area contributed by atoms with E-state index in [1.165, 1.54) is 0 Å². The van der Waals surface area contributed by atoms with E-state index in [4.69, 9.17) is 18.3 Å². The molecule has 0 atom stereocenters. The lowest BCUT2D eigenvalue weighted by Gasteiger charge is -2.02. The molecule has 0 amide bonds. The smallest absolute Gasteiger partial charge is 0.304 e. The minimum Gasteiger partial charge on any atom is -0.396 e. The van der Waals surface area contributed by atoms with Crippen LogP contribution in [-0.2, 0) is 18.3 Å². The van der Waals surface area contributed by atoms with Crippen molar-refractivity contribution >= 4 is 10.0 Å². The van der Waals surface area contributed by atoms with Gasteiger partial charge in [-0.05, 0) is 0 Å². The van der Waals surface area contributed by atoms with E-state index in [2.05, 4.69) is 0 Å². The van der Waals surface area contributed by atoms with Gasteiger partial charge in [-0.3, -0.25) is 0 Å². The predicted molar refractivity (Wildman–Crippen MR) is 42.1 cm³/mol. The van der Waals surface area contributed by atoms with E-state index in [9.17, 15) is 0 Å². The summed E-state index contributed by atoms with van der Waals surface area (Å²) in [5.41, 5.74) is 0. The van der Waals surface area contributed by atoms with Crippen molar-refractivity contribution in [1.29, 1.82) is 0 Å². The summed E-state index contributed by atoms with van der Waals surface area (Å²) in [4.78, 5) is 0. The molecule has 1 heterocycles. The van der Waals surface area contributed by atoms with Crippen LogP contribution in [0.5, 0.6) is 0 Å². The predicted octanol–water partition coefficient (Wildman–Crippen LogP) is -0.935. The molecule has 0 aromatic heterocycles. The van der Waals surface area contributed by atoms with Crippen LogP contribution in [0, 0.1) is 0 Å². The zero-order chi connectivity index (χ0) is 7.78. The quantitative estimate of drug-likeness (QED) is 0.449. The molecule has 11 heavy (non-hydrogen) atoms. The average molecular weight is 178 g/mol. The zero-order valence-corrected chi connectivity index (χ0v) is 8.00. The van der Waals surface area contributed by atoms with Crippen LogP contribution in [0.25, 0.3) is 0 Å². The fourth-order valence-corrected chi connectivity index (χ4v) is 1.32. The van der Waals surface area contributed by atoms with Gasteiger partial charge in [0, 0.05) is 0 Å². The fraction of sp³-hybridized carbons (Fsp3) is 1.00. The first-order valence-corrected chi connectivity index (χ1v) is 4.96. The molecule has 1 saturated heterocycles. The van der Waals surface area contributed by atoms with Gasteiger partial charge in [-0.1, -0.05) is 0 Å². The maximum atomic E-state index is 5.20. The van der Waals surface area contributed by atoms with Crippen molar-refractivity contribution in [2.24, 2.45) is 0 Å². The summed E-state index contributed by atoms with van der Waals surface area (Å²) in [6.45, 7) is 3.94. The van der Waals surface area contributed by atoms with Crippen molar-refractivity contribution in [3.05, 3.63) is 0 Å². The van der Waals surface area contributed by atoms with E-state index < -0.39 is 10.0 Å². The van der Waals surface area contributed by atoms with Gasteiger partial charge in [0.1, 0.15) is 0 Å². The molecule has 0 aromatic rings. The zero-order valence-electron chi connectivity index (χ0n) is 6.58. The maximum absolute atomic E-state index is 5.20. The van der Waals surface area contributed by atoms with Gasteiger partial charge >= 0.3 is 10.0 Å². The Morgan fingerprint density at radius 1 is 0.636 bits per heavy atom. The summed E-state index contributed by atoms with van der Waals surface area (Å²) < 4.78 is 20.8. The molecule has 1 aliphatic rings. The van der Waals surface area contributed by atoms with Crippen molar-refractivity contribution in [1.82, 2.24) is 0 Å². The van der Waals surface area contributed by atoms with Crippen molar-refractivity contribution in [3.63, 3.8) is 0 Å². The molecule has 66 valence electrons. The molecule has 1 aliphatic heterocycles. The van der Waals surface area contributed by atoms with Crippen molar-refractivity contribution in [2.45, 2.75) is 0 Å². The fourth-order valence-electron chi connectivity index (χ4n) is 0.734. The SMILES string of the molecule is C1COCCO[SiH2]OCCO1. The van der Waals surface area contributed by atoms with Crippen LogP contribution in [-0.4, -0.2) is 49.6 Å². The molecule has 0 spiro atoms. The summed E-state index contributed by atoms with van der Waals surface area (Å²) in [6, 6.07) is 0. The monoisotopic (exact) mass is 178 g/mol. The van der Waals surface area contributed by atoms with Gasteiger partial charge in [0.15, 0.2) is 0 Å². The summed E-state index contributed by atoms with van der Waals surface area (Å²) in [5.74, 6) is 0. The largest absolute Gasteiger partial charge is 0.396 e. The molecule has 4 nitrogen and oxygen atoms in total.